The molecule has 3 nitrogen and oxygen atoms in total. The van der Waals surface area contributed by atoms with E-state index in [1.54, 1.807) is 0 Å². The number of amides is 1. The van der Waals surface area contributed by atoms with Crippen LogP contribution in [0.15, 0.2) is 0 Å². The van der Waals surface area contributed by atoms with E-state index in [1.165, 1.54) is 25.7 Å². The van der Waals surface area contributed by atoms with Crippen molar-refractivity contribution in [3.63, 3.8) is 0 Å². The van der Waals surface area contributed by atoms with E-state index in [1.807, 2.05) is 6.92 Å². The fourth-order valence-corrected chi connectivity index (χ4v) is 2.47. The highest BCUT2D eigenvalue weighted by atomic mass is 16.1. The van der Waals surface area contributed by atoms with Crippen LogP contribution in [-0.2, 0) is 4.79 Å². The highest BCUT2D eigenvalue weighted by Gasteiger charge is 2.22. The topological polar surface area (TPSA) is 41.1 Å². The Labute approximate surface area is 106 Å². The Bertz CT molecular complexity index is 230. The molecular formula is C14H28N2O. The Hall–Kier alpha value is -0.570. The summed E-state index contributed by atoms with van der Waals surface area (Å²) in [7, 11) is 0. The average molecular weight is 240 g/mol. The van der Waals surface area contributed by atoms with Crippen molar-refractivity contribution in [1.82, 2.24) is 10.6 Å². The summed E-state index contributed by atoms with van der Waals surface area (Å²) < 4.78 is 0. The van der Waals surface area contributed by atoms with Gasteiger partial charge in [-0.05, 0) is 38.5 Å². The van der Waals surface area contributed by atoms with Crippen molar-refractivity contribution in [1.29, 1.82) is 0 Å². The zero-order chi connectivity index (χ0) is 12.7. The van der Waals surface area contributed by atoms with Crippen LogP contribution in [0.2, 0.25) is 0 Å². The summed E-state index contributed by atoms with van der Waals surface area (Å²) in [6, 6.07) is 0.954. The minimum Gasteiger partial charge on any atom is -0.354 e. The van der Waals surface area contributed by atoms with Crippen molar-refractivity contribution in [3.05, 3.63) is 0 Å². The SMILES string of the molecule is CCC1CCC(NCCC(=O)NC(C)CC)C1. The van der Waals surface area contributed by atoms with Gasteiger partial charge in [-0.15, -0.1) is 0 Å². The lowest BCUT2D eigenvalue weighted by Crippen LogP contribution is -2.35. The van der Waals surface area contributed by atoms with Gasteiger partial charge in [0.1, 0.15) is 0 Å². The van der Waals surface area contributed by atoms with Gasteiger partial charge in [-0.25, -0.2) is 0 Å². The first kappa shape index (κ1) is 14.5. The maximum absolute atomic E-state index is 11.6. The van der Waals surface area contributed by atoms with Crippen LogP contribution in [0, 0.1) is 5.92 Å². The van der Waals surface area contributed by atoms with E-state index < -0.39 is 0 Å². The van der Waals surface area contributed by atoms with Gasteiger partial charge in [0.25, 0.3) is 0 Å². The third-order valence-corrected chi connectivity index (χ3v) is 3.92. The smallest absolute Gasteiger partial charge is 0.221 e. The first-order valence-corrected chi connectivity index (χ1v) is 7.18. The van der Waals surface area contributed by atoms with Crippen LogP contribution in [-0.4, -0.2) is 24.5 Å². The van der Waals surface area contributed by atoms with Crippen molar-refractivity contribution in [2.75, 3.05) is 6.54 Å². The molecule has 0 aromatic rings. The molecule has 1 aliphatic carbocycles. The molecule has 1 rings (SSSR count). The van der Waals surface area contributed by atoms with Gasteiger partial charge in [0.05, 0.1) is 0 Å². The Balaban J connectivity index is 2.06. The summed E-state index contributed by atoms with van der Waals surface area (Å²) in [5.74, 6) is 1.08. The second-order valence-corrected chi connectivity index (χ2v) is 5.37. The van der Waals surface area contributed by atoms with E-state index in [0.29, 0.717) is 18.5 Å². The van der Waals surface area contributed by atoms with Crippen LogP contribution < -0.4 is 10.6 Å². The number of hydrogen-bond acceptors (Lipinski definition) is 2. The highest BCUT2D eigenvalue weighted by molar-refractivity contribution is 5.76. The van der Waals surface area contributed by atoms with Crippen molar-refractivity contribution in [2.45, 2.75) is 71.4 Å². The van der Waals surface area contributed by atoms with E-state index in [9.17, 15) is 4.79 Å². The van der Waals surface area contributed by atoms with Crippen LogP contribution in [0.4, 0.5) is 0 Å². The van der Waals surface area contributed by atoms with Gasteiger partial charge < -0.3 is 10.6 Å². The summed E-state index contributed by atoms with van der Waals surface area (Å²) in [6.07, 6.45) is 6.84. The predicted molar refractivity (Wildman–Crippen MR) is 71.9 cm³/mol. The number of rotatable bonds is 7. The lowest BCUT2D eigenvalue weighted by Gasteiger charge is -2.14. The van der Waals surface area contributed by atoms with Gasteiger partial charge >= 0.3 is 0 Å². The van der Waals surface area contributed by atoms with Gasteiger partial charge in [0.2, 0.25) is 5.91 Å². The molecule has 1 fully saturated rings. The van der Waals surface area contributed by atoms with Crippen LogP contribution in [0.3, 0.4) is 0 Å². The van der Waals surface area contributed by atoms with Crippen molar-refractivity contribution < 1.29 is 4.79 Å². The normalized spacial score (nSPS) is 25.8. The monoisotopic (exact) mass is 240 g/mol. The highest BCUT2D eigenvalue weighted by Crippen LogP contribution is 2.27. The number of carbonyl (C=O) groups excluding carboxylic acids is 1. The van der Waals surface area contributed by atoms with Crippen molar-refractivity contribution in [3.8, 4) is 0 Å². The molecule has 0 bridgehead atoms. The summed E-state index contributed by atoms with van der Waals surface area (Å²) in [4.78, 5) is 11.6. The molecule has 0 radical (unpaired) electrons. The molecule has 0 heterocycles. The average Bonchev–Trinajstić information content (AvgIpc) is 2.76. The van der Waals surface area contributed by atoms with E-state index in [2.05, 4.69) is 24.5 Å². The van der Waals surface area contributed by atoms with Crippen LogP contribution in [0.25, 0.3) is 0 Å². The predicted octanol–water partition coefficient (Wildman–Crippen LogP) is 2.46. The quantitative estimate of drug-likeness (QED) is 0.717. The van der Waals surface area contributed by atoms with E-state index >= 15 is 0 Å². The fraction of sp³-hybridized carbons (Fsp3) is 0.929. The summed E-state index contributed by atoms with van der Waals surface area (Å²) in [5, 5.41) is 6.50. The maximum atomic E-state index is 11.6. The summed E-state index contributed by atoms with van der Waals surface area (Å²) in [5.41, 5.74) is 0. The molecule has 0 saturated heterocycles. The largest absolute Gasteiger partial charge is 0.354 e. The lowest BCUT2D eigenvalue weighted by molar-refractivity contribution is -0.121. The second kappa shape index (κ2) is 7.70. The number of carbonyl (C=O) groups is 1. The molecule has 0 aromatic heterocycles. The summed E-state index contributed by atoms with van der Waals surface area (Å²) >= 11 is 0. The molecule has 3 unspecified atom stereocenters. The molecule has 2 N–H and O–H groups in total. The van der Waals surface area contributed by atoms with Crippen molar-refractivity contribution >= 4 is 5.91 Å². The first-order valence-electron chi connectivity index (χ1n) is 7.18. The van der Waals surface area contributed by atoms with Gasteiger partial charge in [-0.3, -0.25) is 4.79 Å². The molecular weight excluding hydrogens is 212 g/mol. The molecule has 1 aliphatic rings. The van der Waals surface area contributed by atoms with Gasteiger partial charge in [0, 0.05) is 25.0 Å². The Kier molecular flexibility index (Phi) is 6.56. The lowest BCUT2D eigenvalue weighted by atomic mass is 10.1. The van der Waals surface area contributed by atoms with E-state index in [0.717, 1.165) is 18.9 Å². The van der Waals surface area contributed by atoms with Gasteiger partial charge in [-0.1, -0.05) is 20.3 Å². The fourth-order valence-electron chi connectivity index (χ4n) is 2.47. The maximum Gasteiger partial charge on any atom is 0.221 e. The molecule has 1 saturated carbocycles. The molecule has 3 heteroatoms. The second-order valence-electron chi connectivity index (χ2n) is 5.37. The minimum atomic E-state index is 0.178. The number of hydrogen-bond donors (Lipinski definition) is 2. The van der Waals surface area contributed by atoms with E-state index in [-0.39, 0.29) is 5.91 Å². The zero-order valence-electron chi connectivity index (χ0n) is 11.6. The zero-order valence-corrected chi connectivity index (χ0v) is 11.6. The molecule has 0 aromatic carbocycles. The molecule has 1 amide bonds. The van der Waals surface area contributed by atoms with E-state index in [4.69, 9.17) is 0 Å². The van der Waals surface area contributed by atoms with Gasteiger partial charge in [-0.2, -0.15) is 0 Å². The first-order chi connectivity index (χ1) is 8.15. The third kappa shape index (κ3) is 5.53. The van der Waals surface area contributed by atoms with Crippen LogP contribution in [0.1, 0.15) is 59.3 Å². The Morgan fingerprint density at radius 3 is 2.71 bits per heavy atom. The Morgan fingerprint density at radius 2 is 2.12 bits per heavy atom. The van der Waals surface area contributed by atoms with Crippen LogP contribution >= 0.6 is 0 Å². The molecule has 3 atom stereocenters. The molecule has 100 valence electrons. The molecule has 0 aliphatic heterocycles. The molecule has 17 heavy (non-hydrogen) atoms. The van der Waals surface area contributed by atoms with Crippen molar-refractivity contribution in [2.24, 2.45) is 5.92 Å². The van der Waals surface area contributed by atoms with Gasteiger partial charge in [0.15, 0.2) is 0 Å². The standard InChI is InChI=1S/C14H28N2O/c1-4-11(3)16-14(17)8-9-15-13-7-6-12(5-2)10-13/h11-13,15H,4-10H2,1-3H3,(H,16,17). The number of nitrogens with one attached hydrogen (secondary N) is 2. The Morgan fingerprint density at radius 1 is 1.35 bits per heavy atom. The molecule has 0 spiro atoms. The van der Waals surface area contributed by atoms with Crippen LogP contribution in [0.5, 0.6) is 0 Å². The third-order valence-electron chi connectivity index (χ3n) is 3.92. The summed E-state index contributed by atoms with van der Waals surface area (Å²) in [6.45, 7) is 7.23. The minimum absolute atomic E-state index is 0.178.